The molecule has 2 N–H and O–H groups in total. The molecule has 0 aromatic heterocycles. The zero-order valence-corrected chi connectivity index (χ0v) is 10.9. The molecule has 16 heavy (non-hydrogen) atoms. The first-order chi connectivity index (χ1) is 7.55. The fraction of sp³-hybridized carbons (Fsp3) is 0.538. The van der Waals surface area contributed by atoms with E-state index >= 15 is 0 Å². The predicted molar refractivity (Wildman–Crippen MR) is 68.7 cm³/mol. The monoisotopic (exact) mass is 241 g/mol. The molecule has 0 bridgehead atoms. The quantitative estimate of drug-likeness (QED) is 0.856. The molecule has 2 atom stereocenters. The molecular formula is C13H20ClNO. The highest BCUT2D eigenvalue weighted by Crippen LogP contribution is 2.33. The third-order valence-corrected chi connectivity index (χ3v) is 3.42. The van der Waals surface area contributed by atoms with E-state index in [0.29, 0.717) is 11.6 Å². The van der Waals surface area contributed by atoms with Gasteiger partial charge in [0, 0.05) is 11.6 Å². The van der Waals surface area contributed by atoms with E-state index in [9.17, 15) is 0 Å². The van der Waals surface area contributed by atoms with Crippen LogP contribution >= 0.6 is 11.6 Å². The Morgan fingerprint density at radius 1 is 1.38 bits per heavy atom. The molecule has 0 aliphatic carbocycles. The highest BCUT2D eigenvalue weighted by molar-refractivity contribution is 6.31. The molecule has 0 saturated carbocycles. The Labute approximate surface area is 103 Å². The topological polar surface area (TPSA) is 35.2 Å². The van der Waals surface area contributed by atoms with Crippen LogP contribution in [-0.4, -0.2) is 12.2 Å². The Morgan fingerprint density at radius 3 is 2.50 bits per heavy atom. The molecule has 0 fully saturated rings. The van der Waals surface area contributed by atoms with E-state index in [4.69, 9.17) is 22.1 Å². The second kappa shape index (κ2) is 5.67. The Balaban J connectivity index is 2.99. The van der Waals surface area contributed by atoms with Crippen LogP contribution in [0.1, 0.15) is 38.8 Å². The van der Waals surface area contributed by atoms with Gasteiger partial charge in [0.25, 0.3) is 0 Å². The minimum atomic E-state index is -0.361. The summed E-state index contributed by atoms with van der Waals surface area (Å²) in [4.78, 5) is 0. The second-order valence-electron chi connectivity index (χ2n) is 4.10. The second-order valence-corrected chi connectivity index (χ2v) is 4.51. The molecule has 0 spiro atoms. The zero-order valence-electron chi connectivity index (χ0n) is 10.2. The van der Waals surface area contributed by atoms with Crippen molar-refractivity contribution in [2.45, 2.75) is 38.8 Å². The van der Waals surface area contributed by atoms with Crippen molar-refractivity contribution in [2.24, 2.45) is 5.73 Å². The van der Waals surface area contributed by atoms with Gasteiger partial charge in [-0.25, -0.2) is 0 Å². The lowest BCUT2D eigenvalue weighted by Gasteiger charge is -2.35. The van der Waals surface area contributed by atoms with Gasteiger partial charge >= 0.3 is 0 Å². The van der Waals surface area contributed by atoms with Crippen molar-refractivity contribution < 1.29 is 4.74 Å². The first kappa shape index (κ1) is 13.5. The molecular weight excluding hydrogens is 222 g/mol. The van der Waals surface area contributed by atoms with Crippen molar-refractivity contribution in [1.29, 1.82) is 0 Å². The van der Waals surface area contributed by atoms with Crippen LogP contribution in [0.15, 0.2) is 24.3 Å². The maximum absolute atomic E-state index is 6.26. The Hall–Kier alpha value is -0.570. The van der Waals surface area contributed by atoms with Crippen molar-refractivity contribution in [3.63, 3.8) is 0 Å². The van der Waals surface area contributed by atoms with E-state index in [-0.39, 0.29) is 11.6 Å². The summed E-state index contributed by atoms with van der Waals surface area (Å²) in [5, 5.41) is 0.703. The summed E-state index contributed by atoms with van der Waals surface area (Å²) < 4.78 is 5.77. The lowest BCUT2D eigenvalue weighted by molar-refractivity contribution is -0.0472. The van der Waals surface area contributed by atoms with Crippen LogP contribution in [0.4, 0.5) is 0 Å². The summed E-state index contributed by atoms with van der Waals surface area (Å²) in [6, 6.07) is 7.47. The van der Waals surface area contributed by atoms with Gasteiger partial charge in [0.1, 0.15) is 0 Å². The number of rotatable bonds is 5. The summed E-state index contributed by atoms with van der Waals surface area (Å²) in [6.07, 6.45) is 0.854. The summed E-state index contributed by atoms with van der Waals surface area (Å²) >= 11 is 6.15. The molecule has 1 aromatic rings. The summed E-state index contributed by atoms with van der Waals surface area (Å²) in [7, 11) is 0. The third kappa shape index (κ3) is 2.76. The van der Waals surface area contributed by atoms with Gasteiger partial charge in [-0.1, -0.05) is 36.7 Å². The molecule has 2 nitrogen and oxygen atoms in total. The number of halogens is 1. The Morgan fingerprint density at radius 2 is 2.00 bits per heavy atom. The Kier molecular flexibility index (Phi) is 4.78. The zero-order chi connectivity index (χ0) is 12.2. The van der Waals surface area contributed by atoms with Crippen molar-refractivity contribution in [2.75, 3.05) is 6.61 Å². The smallest absolute Gasteiger partial charge is 0.0843 e. The molecule has 90 valence electrons. The maximum Gasteiger partial charge on any atom is 0.0843 e. The van der Waals surface area contributed by atoms with Crippen molar-refractivity contribution in [1.82, 2.24) is 0 Å². The fourth-order valence-electron chi connectivity index (χ4n) is 1.80. The average Bonchev–Trinajstić information content (AvgIpc) is 2.29. The Bertz CT molecular complexity index is 342. The van der Waals surface area contributed by atoms with E-state index in [1.165, 1.54) is 0 Å². The maximum atomic E-state index is 6.26. The first-order valence-corrected chi connectivity index (χ1v) is 6.07. The fourth-order valence-corrected chi connectivity index (χ4v) is 2.05. The lowest BCUT2D eigenvalue weighted by Crippen LogP contribution is -2.40. The molecule has 0 aliphatic heterocycles. The van der Waals surface area contributed by atoms with Gasteiger partial charge < -0.3 is 10.5 Å². The van der Waals surface area contributed by atoms with E-state index in [2.05, 4.69) is 6.92 Å². The van der Waals surface area contributed by atoms with Gasteiger partial charge in [0.05, 0.1) is 11.6 Å². The van der Waals surface area contributed by atoms with E-state index in [1.807, 2.05) is 38.1 Å². The van der Waals surface area contributed by atoms with Crippen LogP contribution in [0.3, 0.4) is 0 Å². The molecule has 2 unspecified atom stereocenters. The first-order valence-electron chi connectivity index (χ1n) is 5.69. The number of hydrogen-bond acceptors (Lipinski definition) is 2. The van der Waals surface area contributed by atoms with E-state index in [1.54, 1.807) is 0 Å². The molecule has 0 saturated heterocycles. The van der Waals surface area contributed by atoms with Crippen LogP contribution in [-0.2, 0) is 4.74 Å². The average molecular weight is 242 g/mol. The molecule has 0 amide bonds. The van der Waals surface area contributed by atoms with Gasteiger partial charge in [-0.15, -0.1) is 0 Å². The van der Waals surface area contributed by atoms with Crippen LogP contribution in [0.2, 0.25) is 5.02 Å². The minimum absolute atomic E-state index is 0.203. The van der Waals surface area contributed by atoms with Gasteiger partial charge in [-0.3, -0.25) is 0 Å². The van der Waals surface area contributed by atoms with Crippen molar-refractivity contribution in [3.8, 4) is 0 Å². The van der Waals surface area contributed by atoms with E-state index in [0.717, 1.165) is 12.0 Å². The standard InChI is InChI=1S/C13H20ClNO/c1-4-13(3,16-5-2)12(15)10-8-6-7-9-11(10)14/h6-9,12H,4-5,15H2,1-3H3. The van der Waals surface area contributed by atoms with Gasteiger partial charge in [-0.2, -0.15) is 0 Å². The predicted octanol–water partition coefficient (Wildman–Crippen LogP) is 3.55. The normalized spacial score (nSPS) is 16.8. The van der Waals surface area contributed by atoms with Crippen LogP contribution in [0.25, 0.3) is 0 Å². The van der Waals surface area contributed by atoms with Crippen LogP contribution < -0.4 is 5.73 Å². The molecule has 0 heterocycles. The summed E-state index contributed by atoms with van der Waals surface area (Å²) in [5.74, 6) is 0. The van der Waals surface area contributed by atoms with Gasteiger partial charge in [0.15, 0.2) is 0 Å². The summed E-state index contributed by atoms with van der Waals surface area (Å²) in [5.41, 5.74) is 6.85. The van der Waals surface area contributed by atoms with Crippen molar-refractivity contribution >= 4 is 11.6 Å². The number of ether oxygens (including phenoxy) is 1. The highest BCUT2D eigenvalue weighted by atomic mass is 35.5. The summed E-state index contributed by atoms with van der Waals surface area (Å²) in [6.45, 7) is 6.74. The van der Waals surface area contributed by atoms with Crippen LogP contribution in [0.5, 0.6) is 0 Å². The van der Waals surface area contributed by atoms with Crippen molar-refractivity contribution in [3.05, 3.63) is 34.9 Å². The van der Waals surface area contributed by atoms with Gasteiger partial charge in [-0.05, 0) is 31.9 Å². The molecule has 1 aromatic carbocycles. The number of hydrogen-bond donors (Lipinski definition) is 1. The third-order valence-electron chi connectivity index (χ3n) is 3.07. The van der Waals surface area contributed by atoms with Crippen LogP contribution in [0, 0.1) is 0 Å². The van der Waals surface area contributed by atoms with Gasteiger partial charge in [0.2, 0.25) is 0 Å². The largest absolute Gasteiger partial charge is 0.374 e. The highest BCUT2D eigenvalue weighted by Gasteiger charge is 2.32. The molecule has 0 radical (unpaired) electrons. The molecule has 0 aliphatic rings. The SMILES string of the molecule is CCOC(C)(CC)C(N)c1ccccc1Cl. The number of benzene rings is 1. The molecule has 1 rings (SSSR count). The lowest BCUT2D eigenvalue weighted by atomic mass is 9.88. The number of nitrogens with two attached hydrogens (primary N) is 1. The minimum Gasteiger partial charge on any atom is -0.374 e. The molecule has 3 heteroatoms. The van der Waals surface area contributed by atoms with E-state index < -0.39 is 0 Å².